The van der Waals surface area contributed by atoms with Gasteiger partial charge in [0.15, 0.2) is 0 Å². The first-order valence-electron chi connectivity index (χ1n) is 10.4. The standard InChI is InChI=1S/C20H26F2N4O2/c1-3-28-16(27)8-13-14-9-25(10-15(13)14)18-12-4-6-20(21,22)17(12)23-19(24-18)26-7-5-11(26)2/h11,13-15H,3-10H2,1-2H3/t11-,13?,14-,15+/m0/s1. The van der Waals surface area contributed by atoms with Crippen LogP contribution in [0.2, 0.25) is 0 Å². The summed E-state index contributed by atoms with van der Waals surface area (Å²) in [5.74, 6) is -0.639. The lowest BCUT2D eigenvalue weighted by Gasteiger charge is -2.39. The number of fused-ring (bicyclic) bond motifs is 2. The smallest absolute Gasteiger partial charge is 0.306 e. The molecular weight excluding hydrogens is 366 g/mol. The highest BCUT2D eigenvalue weighted by Crippen LogP contribution is 2.55. The first-order valence-corrected chi connectivity index (χ1v) is 10.4. The minimum Gasteiger partial charge on any atom is -0.466 e. The number of alkyl halides is 2. The summed E-state index contributed by atoms with van der Waals surface area (Å²) in [5.41, 5.74) is 0.542. The molecule has 1 aromatic heterocycles. The molecule has 3 fully saturated rings. The van der Waals surface area contributed by atoms with Crippen molar-refractivity contribution in [2.75, 3.05) is 36.0 Å². The van der Waals surface area contributed by atoms with Crippen molar-refractivity contribution in [3.63, 3.8) is 0 Å². The van der Waals surface area contributed by atoms with Gasteiger partial charge in [-0.25, -0.2) is 4.98 Å². The van der Waals surface area contributed by atoms with E-state index in [9.17, 15) is 13.6 Å². The van der Waals surface area contributed by atoms with E-state index in [1.807, 2.05) is 11.8 Å². The highest BCUT2D eigenvalue weighted by atomic mass is 19.3. The maximum atomic E-state index is 14.5. The van der Waals surface area contributed by atoms with E-state index in [0.29, 0.717) is 60.6 Å². The van der Waals surface area contributed by atoms with Crippen LogP contribution in [-0.4, -0.2) is 48.2 Å². The van der Waals surface area contributed by atoms with Gasteiger partial charge in [-0.3, -0.25) is 4.79 Å². The Labute approximate surface area is 163 Å². The number of aromatic nitrogens is 2. The van der Waals surface area contributed by atoms with Crippen molar-refractivity contribution in [1.29, 1.82) is 0 Å². The second kappa shape index (κ2) is 6.26. The Morgan fingerprint density at radius 1 is 1.29 bits per heavy atom. The Balaban J connectivity index is 1.37. The average Bonchev–Trinajstić information content (AvgIpc) is 2.97. The van der Waals surface area contributed by atoms with Crippen LogP contribution in [0, 0.1) is 17.8 Å². The molecule has 4 aliphatic rings. The first-order chi connectivity index (χ1) is 13.4. The fraction of sp³-hybridized carbons (Fsp3) is 0.750. The zero-order valence-electron chi connectivity index (χ0n) is 16.3. The zero-order valence-corrected chi connectivity index (χ0v) is 16.3. The van der Waals surface area contributed by atoms with Crippen molar-refractivity contribution >= 4 is 17.7 Å². The number of hydrogen-bond acceptors (Lipinski definition) is 6. The summed E-state index contributed by atoms with van der Waals surface area (Å²) in [6, 6.07) is 0.293. The number of anilines is 2. The SMILES string of the molecule is CCOC(=O)CC1[C@H]2CN(c3nc(N4CC[C@@H]4C)nc4c3CCC4(F)F)C[C@@H]12. The van der Waals surface area contributed by atoms with Gasteiger partial charge in [0.1, 0.15) is 11.5 Å². The van der Waals surface area contributed by atoms with Crippen LogP contribution < -0.4 is 9.80 Å². The highest BCUT2D eigenvalue weighted by Gasteiger charge is 2.57. The zero-order chi connectivity index (χ0) is 19.6. The number of esters is 1. The number of carbonyl (C=O) groups excluding carboxylic acids is 1. The molecule has 5 rings (SSSR count). The second-order valence-electron chi connectivity index (χ2n) is 8.62. The molecular formula is C20H26F2N4O2. The molecule has 1 saturated carbocycles. The molecule has 0 bridgehead atoms. The van der Waals surface area contributed by atoms with Crippen molar-refractivity contribution in [2.24, 2.45) is 17.8 Å². The predicted molar refractivity (Wildman–Crippen MR) is 99.6 cm³/mol. The molecule has 0 aromatic carbocycles. The summed E-state index contributed by atoms with van der Waals surface area (Å²) in [7, 11) is 0. The molecule has 2 saturated heterocycles. The van der Waals surface area contributed by atoms with Gasteiger partial charge in [0.25, 0.3) is 5.92 Å². The molecule has 4 atom stereocenters. The maximum Gasteiger partial charge on any atom is 0.306 e. The van der Waals surface area contributed by atoms with Crippen molar-refractivity contribution < 1.29 is 18.3 Å². The van der Waals surface area contributed by atoms with Gasteiger partial charge < -0.3 is 14.5 Å². The van der Waals surface area contributed by atoms with Crippen LogP contribution in [0.3, 0.4) is 0 Å². The Kier molecular flexibility index (Phi) is 4.04. The number of nitrogens with zero attached hydrogens (tertiary/aromatic N) is 4. The fourth-order valence-electron chi connectivity index (χ4n) is 5.13. The van der Waals surface area contributed by atoms with Crippen LogP contribution in [0.1, 0.15) is 44.4 Å². The predicted octanol–water partition coefficient (Wildman–Crippen LogP) is 2.75. The van der Waals surface area contributed by atoms with E-state index in [1.54, 1.807) is 0 Å². The van der Waals surface area contributed by atoms with E-state index in [4.69, 9.17) is 9.72 Å². The van der Waals surface area contributed by atoms with Crippen molar-refractivity contribution in [2.45, 2.75) is 51.5 Å². The molecule has 8 heteroatoms. The van der Waals surface area contributed by atoms with Crippen LogP contribution in [0.25, 0.3) is 0 Å². The molecule has 0 radical (unpaired) electrons. The Hall–Kier alpha value is -1.99. The largest absolute Gasteiger partial charge is 0.466 e. The van der Waals surface area contributed by atoms with Gasteiger partial charge in [0.2, 0.25) is 5.95 Å². The van der Waals surface area contributed by atoms with Crippen LogP contribution in [0.15, 0.2) is 0 Å². The lowest BCUT2D eigenvalue weighted by Crippen LogP contribution is -2.47. The first kappa shape index (κ1) is 18.1. The van der Waals surface area contributed by atoms with Crippen molar-refractivity contribution in [3.8, 4) is 0 Å². The molecule has 2 aliphatic carbocycles. The van der Waals surface area contributed by atoms with Crippen LogP contribution in [0.4, 0.5) is 20.5 Å². The van der Waals surface area contributed by atoms with E-state index < -0.39 is 5.92 Å². The number of halogens is 2. The van der Waals surface area contributed by atoms with Crippen molar-refractivity contribution in [1.82, 2.24) is 9.97 Å². The molecule has 1 unspecified atom stereocenters. The van der Waals surface area contributed by atoms with Crippen LogP contribution in [0.5, 0.6) is 0 Å². The fourth-order valence-corrected chi connectivity index (χ4v) is 5.13. The minimum absolute atomic E-state index is 0.0738. The molecule has 28 heavy (non-hydrogen) atoms. The molecule has 2 aliphatic heterocycles. The quantitative estimate of drug-likeness (QED) is 0.719. The second-order valence-corrected chi connectivity index (χ2v) is 8.62. The summed E-state index contributed by atoms with van der Waals surface area (Å²) in [6.45, 7) is 6.67. The Morgan fingerprint density at radius 2 is 2.04 bits per heavy atom. The van der Waals surface area contributed by atoms with Gasteiger partial charge in [0.05, 0.1) is 6.61 Å². The third kappa shape index (κ3) is 2.75. The molecule has 0 amide bonds. The number of rotatable bonds is 5. The van der Waals surface area contributed by atoms with Crippen LogP contribution >= 0.6 is 0 Å². The summed E-state index contributed by atoms with van der Waals surface area (Å²) >= 11 is 0. The lowest BCUT2D eigenvalue weighted by molar-refractivity contribution is -0.143. The van der Waals surface area contributed by atoms with Gasteiger partial charge in [0, 0.05) is 44.1 Å². The van der Waals surface area contributed by atoms with Crippen LogP contribution in [-0.2, 0) is 21.9 Å². The van der Waals surface area contributed by atoms with E-state index in [2.05, 4.69) is 16.8 Å². The third-order valence-electron chi connectivity index (χ3n) is 6.96. The van der Waals surface area contributed by atoms with Gasteiger partial charge in [-0.1, -0.05) is 0 Å². The highest BCUT2D eigenvalue weighted by molar-refractivity contribution is 5.70. The monoisotopic (exact) mass is 392 g/mol. The summed E-state index contributed by atoms with van der Waals surface area (Å²) in [5, 5.41) is 0. The number of carbonyl (C=O) groups is 1. The van der Waals surface area contributed by atoms with E-state index in [1.165, 1.54) is 0 Å². The van der Waals surface area contributed by atoms with Gasteiger partial charge in [-0.2, -0.15) is 13.8 Å². The van der Waals surface area contributed by atoms with Gasteiger partial charge >= 0.3 is 5.97 Å². The topological polar surface area (TPSA) is 58.6 Å². The maximum absolute atomic E-state index is 14.5. The third-order valence-corrected chi connectivity index (χ3v) is 6.96. The summed E-state index contributed by atoms with van der Waals surface area (Å²) < 4.78 is 34.0. The molecule has 152 valence electrons. The lowest BCUT2D eigenvalue weighted by atomic mass is 10.1. The molecule has 3 heterocycles. The molecule has 0 N–H and O–H groups in total. The number of ether oxygens (including phenoxy) is 1. The Bertz CT molecular complexity index is 806. The van der Waals surface area contributed by atoms with Gasteiger partial charge in [-0.15, -0.1) is 0 Å². The molecule has 6 nitrogen and oxygen atoms in total. The summed E-state index contributed by atoms with van der Waals surface area (Å²) in [6.07, 6.45) is 1.64. The van der Waals surface area contributed by atoms with E-state index in [-0.39, 0.29) is 18.1 Å². The van der Waals surface area contributed by atoms with E-state index in [0.717, 1.165) is 26.1 Å². The van der Waals surface area contributed by atoms with Crippen molar-refractivity contribution in [3.05, 3.63) is 11.3 Å². The number of hydrogen-bond donors (Lipinski definition) is 0. The molecule has 0 spiro atoms. The van der Waals surface area contributed by atoms with E-state index >= 15 is 0 Å². The molecule has 1 aromatic rings. The number of piperidine rings is 1. The van der Waals surface area contributed by atoms with Gasteiger partial charge in [-0.05, 0) is 44.4 Å². The summed E-state index contributed by atoms with van der Waals surface area (Å²) in [4.78, 5) is 24.9. The normalized spacial score (nSPS) is 32.0. The average molecular weight is 392 g/mol. The Morgan fingerprint density at radius 3 is 2.64 bits per heavy atom. The minimum atomic E-state index is -2.87.